The van der Waals surface area contributed by atoms with E-state index in [4.69, 9.17) is 11.6 Å². The molecule has 1 aromatic carbocycles. The highest BCUT2D eigenvalue weighted by atomic mass is 35.5. The normalized spacial score (nSPS) is 19.5. The van der Waals surface area contributed by atoms with E-state index in [0.29, 0.717) is 28.6 Å². The van der Waals surface area contributed by atoms with Crippen molar-refractivity contribution in [2.45, 2.75) is 51.5 Å². The molecule has 2 fully saturated rings. The largest absolute Gasteiger partial charge is 0.345 e. The van der Waals surface area contributed by atoms with Crippen molar-refractivity contribution in [2.24, 2.45) is 18.4 Å². The molecule has 1 heterocycles. The minimum atomic E-state index is -0.358. The lowest BCUT2D eigenvalue weighted by Crippen LogP contribution is -2.28. The Kier molecular flexibility index (Phi) is 4.22. The Labute approximate surface area is 151 Å². The van der Waals surface area contributed by atoms with E-state index in [2.05, 4.69) is 5.10 Å². The van der Waals surface area contributed by atoms with Crippen LogP contribution in [0.4, 0.5) is 4.39 Å². The van der Waals surface area contributed by atoms with E-state index in [9.17, 15) is 9.18 Å². The van der Waals surface area contributed by atoms with Crippen LogP contribution in [-0.4, -0.2) is 14.3 Å². The maximum atomic E-state index is 13.3. The Balaban J connectivity index is 1.54. The predicted octanol–water partition coefficient (Wildman–Crippen LogP) is 3.94. The summed E-state index contributed by atoms with van der Waals surface area (Å²) in [6.45, 7) is 0.719. The fourth-order valence-corrected chi connectivity index (χ4v) is 4.35. The van der Waals surface area contributed by atoms with Gasteiger partial charge in [0.25, 0.3) is 0 Å². The van der Waals surface area contributed by atoms with Crippen LogP contribution in [0.5, 0.6) is 0 Å². The first kappa shape index (κ1) is 16.8. The van der Waals surface area contributed by atoms with Gasteiger partial charge in [-0.3, -0.25) is 4.57 Å². The number of nitrogens with zero attached hydrogens (tertiary/aromatic N) is 3. The third-order valence-electron chi connectivity index (χ3n) is 6.01. The molecule has 0 unspecified atom stereocenters. The van der Waals surface area contributed by atoms with Crippen molar-refractivity contribution in [3.8, 4) is 0 Å². The van der Waals surface area contributed by atoms with E-state index in [-0.39, 0.29) is 11.5 Å². The van der Waals surface area contributed by atoms with Crippen molar-refractivity contribution in [2.75, 3.05) is 0 Å². The number of rotatable bonds is 4. The molecule has 4 nitrogen and oxygen atoms in total. The first-order valence-electron chi connectivity index (χ1n) is 9.02. The number of hydrogen-bond donors (Lipinski definition) is 0. The molecule has 0 amide bonds. The molecule has 0 radical (unpaired) electrons. The van der Waals surface area contributed by atoms with Crippen LogP contribution in [-0.2, 0) is 20.0 Å². The van der Waals surface area contributed by atoms with E-state index < -0.39 is 0 Å². The summed E-state index contributed by atoms with van der Waals surface area (Å²) >= 11 is 6.15. The number of benzene rings is 1. The molecule has 2 saturated carbocycles. The lowest BCUT2D eigenvalue weighted by molar-refractivity contribution is 0.233. The summed E-state index contributed by atoms with van der Waals surface area (Å²) in [6.07, 6.45) is 8.20. The smallest absolute Gasteiger partial charge is 0.278 e. The quantitative estimate of drug-likeness (QED) is 0.825. The van der Waals surface area contributed by atoms with Gasteiger partial charge in [0.05, 0.1) is 0 Å². The average Bonchev–Trinajstić information content (AvgIpc) is 3.29. The second kappa shape index (κ2) is 6.27. The van der Waals surface area contributed by atoms with Crippen LogP contribution in [0.2, 0.25) is 5.02 Å². The van der Waals surface area contributed by atoms with E-state index >= 15 is 0 Å². The molecule has 1 aromatic heterocycles. The van der Waals surface area contributed by atoms with Gasteiger partial charge >= 0.3 is 5.69 Å². The summed E-state index contributed by atoms with van der Waals surface area (Å²) in [5.74, 6) is 0.881. The zero-order chi connectivity index (χ0) is 17.6. The Bertz CT molecular complexity index is 843. The van der Waals surface area contributed by atoms with Crippen LogP contribution in [0.3, 0.4) is 0 Å². The van der Waals surface area contributed by atoms with Crippen LogP contribution in [0.15, 0.2) is 23.0 Å². The first-order valence-corrected chi connectivity index (χ1v) is 9.40. The lowest BCUT2D eigenvalue weighted by Gasteiger charge is -2.28. The second-order valence-corrected chi connectivity index (χ2v) is 8.20. The molecular weight excluding hydrogens is 341 g/mol. The minimum Gasteiger partial charge on any atom is -0.278 e. The van der Waals surface area contributed by atoms with Crippen molar-refractivity contribution >= 4 is 11.6 Å². The highest BCUT2D eigenvalue weighted by Crippen LogP contribution is 2.57. The number of aromatic nitrogens is 3. The SMILES string of the molecule is Cn1nc(Cc2ccc(F)cc2Cl)n(CC2CCC3(CC2)CC3)c1=O. The second-order valence-electron chi connectivity index (χ2n) is 7.79. The van der Waals surface area contributed by atoms with Gasteiger partial charge in [-0.05, 0) is 67.6 Å². The first-order chi connectivity index (χ1) is 12.0. The number of aryl methyl sites for hydroxylation is 1. The highest BCUT2D eigenvalue weighted by molar-refractivity contribution is 6.31. The van der Waals surface area contributed by atoms with Crippen molar-refractivity contribution < 1.29 is 4.39 Å². The standard InChI is InChI=1S/C19H23ClFN3O/c1-23-18(25)24(12-13-4-6-19(7-5-13)8-9-19)17(22-23)10-14-2-3-15(21)11-16(14)20/h2-3,11,13H,4-10,12H2,1H3. The van der Waals surface area contributed by atoms with E-state index in [0.717, 1.165) is 12.1 Å². The Morgan fingerprint density at radius 2 is 2.00 bits per heavy atom. The number of hydrogen-bond acceptors (Lipinski definition) is 2. The van der Waals surface area contributed by atoms with Crippen molar-refractivity contribution in [1.82, 2.24) is 14.3 Å². The zero-order valence-electron chi connectivity index (χ0n) is 14.5. The van der Waals surface area contributed by atoms with Gasteiger partial charge in [0.15, 0.2) is 0 Å². The van der Waals surface area contributed by atoms with Gasteiger partial charge in [-0.2, -0.15) is 5.10 Å². The third-order valence-corrected chi connectivity index (χ3v) is 6.36. The van der Waals surface area contributed by atoms with Gasteiger partial charge in [-0.25, -0.2) is 13.9 Å². The van der Waals surface area contributed by atoms with Gasteiger partial charge in [0.1, 0.15) is 11.6 Å². The predicted molar refractivity (Wildman–Crippen MR) is 95.3 cm³/mol. The molecule has 1 spiro atoms. The summed E-state index contributed by atoms with van der Waals surface area (Å²) in [7, 11) is 1.68. The molecule has 4 rings (SSSR count). The lowest BCUT2D eigenvalue weighted by atomic mass is 9.80. The molecular formula is C19H23ClFN3O. The molecule has 25 heavy (non-hydrogen) atoms. The maximum Gasteiger partial charge on any atom is 0.345 e. The van der Waals surface area contributed by atoms with E-state index in [1.54, 1.807) is 17.7 Å². The van der Waals surface area contributed by atoms with Crippen LogP contribution >= 0.6 is 11.6 Å². The van der Waals surface area contributed by atoms with Gasteiger partial charge in [-0.15, -0.1) is 0 Å². The van der Waals surface area contributed by atoms with Crippen molar-refractivity contribution in [1.29, 1.82) is 0 Å². The third kappa shape index (κ3) is 3.39. The summed E-state index contributed by atoms with van der Waals surface area (Å²) < 4.78 is 16.4. The summed E-state index contributed by atoms with van der Waals surface area (Å²) in [5, 5.41) is 4.76. The molecule has 2 aromatic rings. The van der Waals surface area contributed by atoms with Crippen LogP contribution in [0.25, 0.3) is 0 Å². The van der Waals surface area contributed by atoms with Crippen LogP contribution in [0.1, 0.15) is 49.9 Å². The van der Waals surface area contributed by atoms with Gasteiger partial charge < -0.3 is 0 Å². The maximum absolute atomic E-state index is 13.3. The fraction of sp³-hybridized carbons (Fsp3) is 0.579. The van der Waals surface area contributed by atoms with Crippen LogP contribution in [0, 0.1) is 17.2 Å². The molecule has 134 valence electrons. The summed E-state index contributed by atoms with van der Waals surface area (Å²) in [6, 6.07) is 4.36. The van der Waals surface area contributed by atoms with Gasteiger partial charge in [-0.1, -0.05) is 17.7 Å². The minimum absolute atomic E-state index is 0.0834. The highest BCUT2D eigenvalue weighted by Gasteiger charge is 2.44. The molecule has 2 aliphatic carbocycles. The molecule has 0 N–H and O–H groups in total. The molecule has 0 aliphatic heterocycles. The molecule has 6 heteroatoms. The Morgan fingerprint density at radius 1 is 1.28 bits per heavy atom. The monoisotopic (exact) mass is 363 g/mol. The molecule has 2 aliphatic rings. The number of halogens is 2. The average molecular weight is 364 g/mol. The Hall–Kier alpha value is -1.62. The summed E-state index contributed by atoms with van der Waals surface area (Å²) in [5.41, 5.74) is 1.36. The van der Waals surface area contributed by atoms with Crippen molar-refractivity contribution in [3.63, 3.8) is 0 Å². The Morgan fingerprint density at radius 3 is 2.64 bits per heavy atom. The van der Waals surface area contributed by atoms with Crippen molar-refractivity contribution in [3.05, 3.63) is 50.9 Å². The zero-order valence-corrected chi connectivity index (χ0v) is 15.2. The topological polar surface area (TPSA) is 39.8 Å². The van der Waals surface area contributed by atoms with E-state index in [1.807, 2.05) is 0 Å². The molecule has 0 saturated heterocycles. The van der Waals surface area contributed by atoms with Gasteiger partial charge in [0, 0.05) is 25.0 Å². The van der Waals surface area contributed by atoms with E-state index in [1.165, 1.54) is 55.3 Å². The fourth-order valence-electron chi connectivity index (χ4n) is 4.11. The molecule has 0 atom stereocenters. The van der Waals surface area contributed by atoms with Crippen LogP contribution < -0.4 is 5.69 Å². The van der Waals surface area contributed by atoms with Gasteiger partial charge in [0.2, 0.25) is 0 Å². The molecule has 0 bridgehead atoms. The summed E-state index contributed by atoms with van der Waals surface area (Å²) in [4.78, 5) is 12.5.